The lowest BCUT2D eigenvalue weighted by Crippen LogP contribution is -2.30. The van der Waals surface area contributed by atoms with Crippen LogP contribution >= 0.6 is 0 Å². The summed E-state index contributed by atoms with van der Waals surface area (Å²) in [4.78, 5) is 0. The summed E-state index contributed by atoms with van der Waals surface area (Å²) in [5, 5.41) is 3.55. The van der Waals surface area contributed by atoms with Crippen molar-refractivity contribution in [2.75, 3.05) is 6.54 Å². The smallest absolute Gasteiger partial charge is 0.0386 e. The van der Waals surface area contributed by atoms with Gasteiger partial charge in [-0.25, -0.2) is 0 Å². The van der Waals surface area contributed by atoms with Crippen LogP contribution in [-0.2, 0) is 0 Å². The quantitative estimate of drug-likeness (QED) is 0.689. The Morgan fingerprint density at radius 3 is 2.92 bits per heavy atom. The first kappa shape index (κ1) is 7.63. The van der Waals surface area contributed by atoms with Crippen molar-refractivity contribution < 1.29 is 0 Å². The van der Waals surface area contributed by atoms with Crippen LogP contribution in [0.15, 0.2) is 18.5 Å². The van der Waals surface area contributed by atoms with E-state index in [0.717, 1.165) is 18.0 Å². The fraction of sp³-hybridized carbons (Fsp3) is 0.636. The van der Waals surface area contributed by atoms with Gasteiger partial charge in [0.1, 0.15) is 0 Å². The maximum Gasteiger partial charge on any atom is 0.0386 e. The summed E-state index contributed by atoms with van der Waals surface area (Å²) >= 11 is 0. The first-order valence-electron chi connectivity index (χ1n) is 5.20. The molecule has 2 aliphatic rings. The first-order chi connectivity index (χ1) is 6.33. The van der Waals surface area contributed by atoms with Crippen LogP contribution in [0.5, 0.6) is 0 Å². The van der Waals surface area contributed by atoms with Gasteiger partial charge in [0, 0.05) is 31.0 Å². The monoisotopic (exact) mass is 176 g/mol. The standard InChI is InChI=1S/C11H16N2/c1-8-2-3-13(7-8)11-5-10-4-9(11)6-12-10/h2-3,7,9-12H,4-6H2,1H3. The highest BCUT2D eigenvalue weighted by Crippen LogP contribution is 2.39. The highest BCUT2D eigenvalue weighted by atomic mass is 15.1. The summed E-state index contributed by atoms with van der Waals surface area (Å²) in [6.45, 7) is 3.40. The van der Waals surface area contributed by atoms with Gasteiger partial charge in [0.05, 0.1) is 0 Å². The molecule has 3 atom stereocenters. The minimum absolute atomic E-state index is 0.778. The minimum atomic E-state index is 0.778. The van der Waals surface area contributed by atoms with Crippen molar-refractivity contribution in [2.45, 2.75) is 31.8 Å². The molecule has 2 fully saturated rings. The molecule has 1 saturated carbocycles. The largest absolute Gasteiger partial charge is 0.351 e. The number of hydrogen-bond donors (Lipinski definition) is 1. The number of piperidine rings is 1. The molecule has 3 rings (SSSR count). The topological polar surface area (TPSA) is 17.0 Å². The number of nitrogens with one attached hydrogen (secondary N) is 1. The Balaban J connectivity index is 1.87. The van der Waals surface area contributed by atoms with Crippen LogP contribution in [0.4, 0.5) is 0 Å². The summed E-state index contributed by atoms with van der Waals surface area (Å²) in [7, 11) is 0. The SMILES string of the molecule is Cc1ccn(C2CC3CC2CN3)c1. The van der Waals surface area contributed by atoms with Crippen molar-refractivity contribution in [3.63, 3.8) is 0 Å². The summed E-state index contributed by atoms with van der Waals surface area (Å²) < 4.78 is 2.42. The van der Waals surface area contributed by atoms with Gasteiger partial charge in [0.2, 0.25) is 0 Å². The highest BCUT2D eigenvalue weighted by molar-refractivity contribution is 5.10. The molecule has 1 aliphatic carbocycles. The van der Waals surface area contributed by atoms with Crippen LogP contribution in [0.2, 0.25) is 0 Å². The van der Waals surface area contributed by atoms with E-state index >= 15 is 0 Å². The molecule has 0 spiro atoms. The van der Waals surface area contributed by atoms with E-state index in [1.54, 1.807) is 0 Å². The highest BCUT2D eigenvalue weighted by Gasteiger charge is 2.39. The number of hydrogen-bond acceptors (Lipinski definition) is 1. The zero-order chi connectivity index (χ0) is 8.84. The third-order valence-corrected chi connectivity index (χ3v) is 3.57. The van der Waals surface area contributed by atoms with Crippen molar-refractivity contribution in [2.24, 2.45) is 5.92 Å². The molecule has 2 bridgehead atoms. The molecule has 3 unspecified atom stereocenters. The molecule has 1 aromatic heterocycles. The Labute approximate surface area is 78.9 Å². The summed E-state index contributed by atoms with van der Waals surface area (Å²) in [6.07, 6.45) is 7.24. The average Bonchev–Trinajstić information content (AvgIpc) is 2.77. The second kappa shape index (κ2) is 2.61. The maximum absolute atomic E-state index is 3.55. The van der Waals surface area contributed by atoms with Crippen molar-refractivity contribution in [3.8, 4) is 0 Å². The van der Waals surface area contributed by atoms with Crippen molar-refractivity contribution >= 4 is 0 Å². The zero-order valence-electron chi connectivity index (χ0n) is 8.03. The molecule has 13 heavy (non-hydrogen) atoms. The zero-order valence-corrected chi connectivity index (χ0v) is 8.03. The number of fused-ring (bicyclic) bond motifs is 2. The molecule has 1 saturated heterocycles. The first-order valence-corrected chi connectivity index (χ1v) is 5.20. The Bertz CT molecular complexity index is 316. The third-order valence-electron chi connectivity index (χ3n) is 3.57. The molecule has 2 heterocycles. The molecule has 0 aromatic carbocycles. The molecule has 2 heteroatoms. The van der Waals surface area contributed by atoms with Gasteiger partial charge in [-0.05, 0) is 37.3 Å². The summed E-state index contributed by atoms with van der Waals surface area (Å²) in [5.74, 6) is 0.886. The summed E-state index contributed by atoms with van der Waals surface area (Å²) in [5.41, 5.74) is 1.38. The Kier molecular flexibility index (Phi) is 1.53. The van der Waals surface area contributed by atoms with Crippen molar-refractivity contribution in [3.05, 3.63) is 24.0 Å². The number of aromatic nitrogens is 1. The van der Waals surface area contributed by atoms with Gasteiger partial charge in [-0.2, -0.15) is 0 Å². The van der Waals surface area contributed by atoms with Crippen LogP contribution in [-0.4, -0.2) is 17.2 Å². The average molecular weight is 176 g/mol. The minimum Gasteiger partial charge on any atom is -0.351 e. The molecule has 1 N–H and O–H groups in total. The second-order valence-corrected chi connectivity index (χ2v) is 4.54. The molecule has 1 aromatic rings. The van der Waals surface area contributed by atoms with Gasteiger partial charge in [-0.1, -0.05) is 0 Å². The van der Waals surface area contributed by atoms with Crippen LogP contribution < -0.4 is 5.32 Å². The van der Waals surface area contributed by atoms with Crippen molar-refractivity contribution in [1.82, 2.24) is 9.88 Å². The van der Waals surface area contributed by atoms with E-state index in [0.29, 0.717) is 0 Å². The van der Waals surface area contributed by atoms with Crippen molar-refractivity contribution in [1.29, 1.82) is 0 Å². The molecule has 70 valence electrons. The molecular formula is C11H16N2. The van der Waals surface area contributed by atoms with Gasteiger partial charge in [-0.15, -0.1) is 0 Å². The van der Waals surface area contributed by atoms with Gasteiger partial charge in [-0.3, -0.25) is 0 Å². The Hall–Kier alpha value is -0.760. The molecular weight excluding hydrogens is 160 g/mol. The van der Waals surface area contributed by atoms with Gasteiger partial charge >= 0.3 is 0 Å². The summed E-state index contributed by atoms with van der Waals surface area (Å²) in [6, 6.07) is 3.79. The van der Waals surface area contributed by atoms with E-state index < -0.39 is 0 Å². The number of nitrogens with zero attached hydrogens (tertiary/aromatic N) is 1. The number of rotatable bonds is 1. The lowest BCUT2D eigenvalue weighted by molar-refractivity contribution is 0.347. The number of aryl methyl sites for hydroxylation is 1. The molecule has 0 amide bonds. The molecule has 1 aliphatic heterocycles. The van der Waals surface area contributed by atoms with Crippen LogP contribution in [0.25, 0.3) is 0 Å². The predicted molar refractivity (Wildman–Crippen MR) is 52.7 cm³/mol. The fourth-order valence-corrected chi connectivity index (χ4v) is 2.90. The van der Waals surface area contributed by atoms with Crippen LogP contribution in [0.1, 0.15) is 24.4 Å². The van der Waals surface area contributed by atoms with Gasteiger partial charge in [0.25, 0.3) is 0 Å². The molecule has 2 nitrogen and oxygen atoms in total. The van der Waals surface area contributed by atoms with E-state index in [1.165, 1.54) is 24.9 Å². The maximum atomic E-state index is 3.55. The predicted octanol–water partition coefficient (Wildman–Crippen LogP) is 1.72. The third kappa shape index (κ3) is 1.12. The van der Waals surface area contributed by atoms with Crippen LogP contribution in [0.3, 0.4) is 0 Å². The van der Waals surface area contributed by atoms with E-state index in [-0.39, 0.29) is 0 Å². The normalized spacial score (nSPS) is 37.2. The lowest BCUT2D eigenvalue weighted by atomic mass is 10.0. The van der Waals surface area contributed by atoms with E-state index in [2.05, 4.69) is 35.3 Å². The lowest BCUT2D eigenvalue weighted by Gasteiger charge is -2.23. The Morgan fingerprint density at radius 2 is 2.38 bits per heavy atom. The van der Waals surface area contributed by atoms with Gasteiger partial charge in [0.15, 0.2) is 0 Å². The second-order valence-electron chi connectivity index (χ2n) is 4.54. The Morgan fingerprint density at radius 1 is 1.46 bits per heavy atom. The fourth-order valence-electron chi connectivity index (χ4n) is 2.90. The van der Waals surface area contributed by atoms with E-state index in [1.807, 2.05) is 0 Å². The van der Waals surface area contributed by atoms with E-state index in [9.17, 15) is 0 Å². The van der Waals surface area contributed by atoms with Crippen LogP contribution in [0, 0.1) is 12.8 Å². The van der Waals surface area contributed by atoms with Gasteiger partial charge < -0.3 is 9.88 Å². The molecule has 0 radical (unpaired) electrons. The van der Waals surface area contributed by atoms with E-state index in [4.69, 9.17) is 0 Å².